The Kier molecular flexibility index (Phi) is 3.31. The Morgan fingerprint density at radius 1 is 1.28 bits per heavy atom. The van der Waals surface area contributed by atoms with E-state index < -0.39 is 0 Å². The molecule has 2 aliphatic heterocycles. The van der Waals surface area contributed by atoms with Gasteiger partial charge in [0, 0.05) is 18.0 Å². The molecule has 0 aromatic heterocycles. The van der Waals surface area contributed by atoms with Crippen LogP contribution >= 0.6 is 11.8 Å². The molecule has 0 aliphatic carbocycles. The van der Waals surface area contributed by atoms with E-state index in [1.807, 2.05) is 17.0 Å². The summed E-state index contributed by atoms with van der Waals surface area (Å²) in [6.45, 7) is 1.40. The van der Waals surface area contributed by atoms with Gasteiger partial charge in [-0.15, -0.1) is 11.8 Å². The van der Waals surface area contributed by atoms with Gasteiger partial charge in [0.2, 0.25) is 5.91 Å². The van der Waals surface area contributed by atoms with Crippen LogP contribution in [0.3, 0.4) is 0 Å². The van der Waals surface area contributed by atoms with Crippen molar-refractivity contribution in [2.75, 3.05) is 13.1 Å². The first kappa shape index (κ1) is 12.1. The van der Waals surface area contributed by atoms with E-state index in [0.717, 1.165) is 19.3 Å². The monoisotopic (exact) mass is 263 g/mol. The molecule has 96 valence electrons. The molecule has 3 rings (SSSR count). The van der Waals surface area contributed by atoms with Crippen molar-refractivity contribution in [1.82, 2.24) is 4.90 Å². The summed E-state index contributed by atoms with van der Waals surface area (Å²) in [5.41, 5.74) is 1.29. The van der Waals surface area contributed by atoms with E-state index in [4.69, 9.17) is 0 Å². The molecule has 3 nitrogen and oxygen atoms in total. The zero-order valence-corrected chi connectivity index (χ0v) is 11.0. The summed E-state index contributed by atoms with van der Waals surface area (Å²) in [7, 11) is 0. The Labute approximate surface area is 111 Å². The van der Waals surface area contributed by atoms with Gasteiger partial charge < -0.3 is 10.0 Å². The molecule has 1 saturated heterocycles. The van der Waals surface area contributed by atoms with Gasteiger partial charge in [-0.2, -0.15) is 0 Å². The summed E-state index contributed by atoms with van der Waals surface area (Å²) < 4.78 is 0. The third-order valence-corrected chi connectivity index (χ3v) is 5.00. The van der Waals surface area contributed by atoms with Crippen molar-refractivity contribution < 1.29 is 9.90 Å². The minimum Gasteiger partial charge on any atom is -0.393 e. The maximum Gasteiger partial charge on any atom is 0.236 e. The molecule has 2 aliphatic rings. The zero-order chi connectivity index (χ0) is 12.5. The smallest absolute Gasteiger partial charge is 0.236 e. The second-order valence-electron chi connectivity index (χ2n) is 4.97. The van der Waals surface area contributed by atoms with E-state index >= 15 is 0 Å². The SMILES string of the molecule is O=C(C1Cc2ccccc2S1)N1CCC(O)CC1. The average Bonchev–Trinajstić information content (AvgIpc) is 2.82. The van der Waals surface area contributed by atoms with Gasteiger partial charge in [0.25, 0.3) is 0 Å². The van der Waals surface area contributed by atoms with Gasteiger partial charge >= 0.3 is 0 Å². The minimum atomic E-state index is -0.220. The average molecular weight is 263 g/mol. The van der Waals surface area contributed by atoms with Crippen LogP contribution < -0.4 is 0 Å². The molecule has 0 bridgehead atoms. The molecule has 2 heterocycles. The number of hydrogen-bond acceptors (Lipinski definition) is 3. The van der Waals surface area contributed by atoms with Crippen LogP contribution in [0.15, 0.2) is 29.2 Å². The number of benzene rings is 1. The molecule has 1 amide bonds. The highest BCUT2D eigenvalue weighted by atomic mass is 32.2. The summed E-state index contributed by atoms with van der Waals surface area (Å²) in [6.07, 6.45) is 2.06. The summed E-state index contributed by atoms with van der Waals surface area (Å²) in [4.78, 5) is 15.6. The van der Waals surface area contributed by atoms with Crippen molar-refractivity contribution in [3.8, 4) is 0 Å². The number of piperidine rings is 1. The van der Waals surface area contributed by atoms with Crippen LogP contribution in [-0.4, -0.2) is 40.4 Å². The maximum absolute atomic E-state index is 12.4. The number of rotatable bonds is 1. The normalized spacial score (nSPS) is 24.1. The van der Waals surface area contributed by atoms with Crippen molar-refractivity contribution in [1.29, 1.82) is 0 Å². The highest BCUT2D eigenvalue weighted by Gasteiger charge is 2.32. The Hall–Kier alpha value is -1.00. The lowest BCUT2D eigenvalue weighted by molar-refractivity contribution is -0.132. The summed E-state index contributed by atoms with van der Waals surface area (Å²) in [6, 6.07) is 8.25. The number of amides is 1. The molecule has 0 spiro atoms. The number of aliphatic hydroxyl groups is 1. The van der Waals surface area contributed by atoms with Crippen molar-refractivity contribution >= 4 is 17.7 Å². The zero-order valence-electron chi connectivity index (χ0n) is 10.2. The molecule has 1 aromatic rings. The van der Waals surface area contributed by atoms with Gasteiger partial charge in [0.05, 0.1) is 11.4 Å². The first-order valence-electron chi connectivity index (χ1n) is 6.45. The van der Waals surface area contributed by atoms with Gasteiger partial charge in [-0.05, 0) is 30.9 Å². The molecule has 0 saturated carbocycles. The minimum absolute atomic E-state index is 0.0395. The van der Waals surface area contributed by atoms with E-state index in [1.165, 1.54) is 10.5 Å². The number of thioether (sulfide) groups is 1. The van der Waals surface area contributed by atoms with Gasteiger partial charge in [0.1, 0.15) is 0 Å². The number of aliphatic hydroxyl groups excluding tert-OH is 1. The highest BCUT2D eigenvalue weighted by molar-refractivity contribution is 8.01. The fourth-order valence-electron chi connectivity index (χ4n) is 2.61. The van der Waals surface area contributed by atoms with Crippen LogP contribution in [0.5, 0.6) is 0 Å². The lowest BCUT2D eigenvalue weighted by Crippen LogP contribution is -2.44. The van der Waals surface area contributed by atoms with Crippen molar-refractivity contribution in [3.05, 3.63) is 29.8 Å². The van der Waals surface area contributed by atoms with Crippen LogP contribution in [0.1, 0.15) is 18.4 Å². The number of likely N-dealkylation sites (tertiary alicyclic amines) is 1. The summed E-state index contributed by atoms with van der Waals surface area (Å²) >= 11 is 1.69. The van der Waals surface area contributed by atoms with Crippen molar-refractivity contribution in [2.45, 2.75) is 35.5 Å². The second-order valence-corrected chi connectivity index (χ2v) is 6.22. The van der Waals surface area contributed by atoms with Crippen molar-refractivity contribution in [2.24, 2.45) is 0 Å². The Bertz CT molecular complexity index is 430. The molecule has 18 heavy (non-hydrogen) atoms. The van der Waals surface area contributed by atoms with E-state index in [2.05, 4.69) is 12.1 Å². The highest BCUT2D eigenvalue weighted by Crippen LogP contribution is 2.37. The molecule has 1 atom stereocenters. The van der Waals surface area contributed by atoms with Gasteiger partial charge in [-0.25, -0.2) is 0 Å². The molecular weight excluding hydrogens is 246 g/mol. The second kappa shape index (κ2) is 4.94. The molecule has 1 fully saturated rings. The number of fused-ring (bicyclic) bond motifs is 1. The number of carbonyl (C=O) groups excluding carboxylic acids is 1. The predicted octanol–water partition coefficient (Wildman–Crippen LogP) is 1.69. The van der Waals surface area contributed by atoms with Crippen LogP contribution in [0.25, 0.3) is 0 Å². The van der Waals surface area contributed by atoms with Gasteiger partial charge in [0.15, 0.2) is 0 Å². The Balaban J connectivity index is 1.65. The van der Waals surface area contributed by atoms with E-state index in [-0.39, 0.29) is 17.3 Å². The number of hydrogen-bond donors (Lipinski definition) is 1. The van der Waals surface area contributed by atoms with Crippen molar-refractivity contribution in [3.63, 3.8) is 0 Å². The largest absolute Gasteiger partial charge is 0.393 e. The quantitative estimate of drug-likeness (QED) is 0.838. The molecule has 1 aromatic carbocycles. The van der Waals surface area contributed by atoms with E-state index in [1.54, 1.807) is 11.8 Å². The third kappa shape index (κ3) is 2.27. The van der Waals surface area contributed by atoms with Gasteiger partial charge in [-0.1, -0.05) is 18.2 Å². The fourth-order valence-corrected chi connectivity index (χ4v) is 3.89. The summed E-state index contributed by atoms with van der Waals surface area (Å²) in [5, 5.41) is 9.51. The molecule has 1 N–H and O–H groups in total. The molecule has 4 heteroatoms. The predicted molar refractivity (Wildman–Crippen MR) is 71.6 cm³/mol. The third-order valence-electron chi connectivity index (χ3n) is 3.70. The van der Waals surface area contributed by atoms with Crippen LogP contribution in [0.4, 0.5) is 0 Å². The fraction of sp³-hybridized carbons (Fsp3) is 0.500. The van der Waals surface area contributed by atoms with Crippen LogP contribution in [0.2, 0.25) is 0 Å². The topological polar surface area (TPSA) is 40.5 Å². The molecular formula is C14H17NO2S. The first-order chi connectivity index (χ1) is 8.74. The number of nitrogens with zero attached hydrogens (tertiary/aromatic N) is 1. The summed E-state index contributed by atoms with van der Waals surface area (Å²) in [5.74, 6) is 0.239. The number of carbonyl (C=O) groups is 1. The molecule has 0 radical (unpaired) electrons. The standard InChI is InChI=1S/C14H17NO2S/c16-11-5-7-15(8-6-11)14(17)13-9-10-3-1-2-4-12(10)18-13/h1-4,11,13,16H,5-9H2. The Morgan fingerprint density at radius 3 is 2.72 bits per heavy atom. The lowest BCUT2D eigenvalue weighted by Gasteiger charge is -2.31. The lowest BCUT2D eigenvalue weighted by atomic mass is 10.1. The maximum atomic E-state index is 12.4. The van der Waals surface area contributed by atoms with Crippen LogP contribution in [-0.2, 0) is 11.2 Å². The van der Waals surface area contributed by atoms with E-state index in [9.17, 15) is 9.90 Å². The van der Waals surface area contributed by atoms with E-state index in [0.29, 0.717) is 13.1 Å². The van der Waals surface area contributed by atoms with Crippen LogP contribution in [0, 0.1) is 0 Å². The molecule has 1 unspecified atom stereocenters. The van der Waals surface area contributed by atoms with Gasteiger partial charge in [-0.3, -0.25) is 4.79 Å². The Morgan fingerprint density at radius 2 is 2.00 bits per heavy atom. The first-order valence-corrected chi connectivity index (χ1v) is 7.33.